The lowest BCUT2D eigenvalue weighted by molar-refractivity contribution is -0.123. The van der Waals surface area contributed by atoms with Gasteiger partial charge in [-0.05, 0) is 28.7 Å². The van der Waals surface area contributed by atoms with Crippen LogP contribution in [0.2, 0.25) is 0 Å². The molecule has 1 unspecified atom stereocenters. The summed E-state index contributed by atoms with van der Waals surface area (Å²) in [6.07, 6.45) is 0. The fourth-order valence-corrected chi connectivity index (χ4v) is 3.75. The lowest BCUT2D eigenvalue weighted by Gasteiger charge is -2.29. The number of rotatable bonds is 4. The van der Waals surface area contributed by atoms with Crippen molar-refractivity contribution in [2.45, 2.75) is 53.0 Å². The Hall–Kier alpha value is -3.08. The van der Waals surface area contributed by atoms with E-state index in [0.29, 0.717) is 11.4 Å². The SMILES string of the molecule is COc1cccc(N2C(=O)C(O)=C(C(=O)C(C)(C)C)C2c2ccc(C(C)(C)C)cc2)c1. The first-order chi connectivity index (χ1) is 14.4. The molecule has 0 saturated heterocycles. The predicted molar refractivity (Wildman–Crippen MR) is 122 cm³/mol. The molecule has 5 heteroatoms. The summed E-state index contributed by atoms with van der Waals surface area (Å²) < 4.78 is 5.32. The maximum Gasteiger partial charge on any atom is 0.294 e. The number of anilines is 1. The minimum atomic E-state index is -0.752. The first kappa shape index (κ1) is 22.6. The number of ether oxygens (including phenoxy) is 1. The van der Waals surface area contributed by atoms with E-state index in [0.717, 1.165) is 11.1 Å². The number of aliphatic hydroxyl groups is 1. The molecule has 1 aliphatic rings. The molecule has 164 valence electrons. The molecule has 0 saturated carbocycles. The van der Waals surface area contributed by atoms with Crippen molar-refractivity contribution >= 4 is 17.4 Å². The van der Waals surface area contributed by atoms with E-state index in [1.54, 1.807) is 52.1 Å². The van der Waals surface area contributed by atoms with Crippen molar-refractivity contribution in [2.24, 2.45) is 5.41 Å². The number of aliphatic hydroxyl groups excluding tert-OH is 1. The second-order valence-corrected chi connectivity index (χ2v) is 9.99. The van der Waals surface area contributed by atoms with Crippen LogP contribution in [-0.2, 0) is 15.0 Å². The molecule has 0 bridgehead atoms. The summed E-state index contributed by atoms with van der Waals surface area (Å²) in [4.78, 5) is 28.0. The summed E-state index contributed by atoms with van der Waals surface area (Å²) in [5.41, 5.74) is 1.81. The van der Waals surface area contributed by atoms with Crippen molar-refractivity contribution in [2.75, 3.05) is 12.0 Å². The number of carbonyl (C=O) groups excluding carboxylic acids is 2. The van der Waals surface area contributed by atoms with Gasteiger partial charge in [0.05, 0.1) is 18.7 Å². The molecule has 2 aromatic rings. The van der Waals surface area contributed by atoms with Gasteiger partial charge in [0.15, 0.2) is 11.5 Å². The molecule has 0 spiro atoms. The van der Waals surface area contributed by atoms with Gasteiger partial charge in [-0.3, -0.25) is 14.5 Å². The van der Waals surface area contributed by atoms with Gasteiger partial charge >= 0.3 is 0 Å². The van der Waals surface area contributed by atoms with Gasteiger partial charge in [0, 0.05) is 17.2 Å². The maximum atomic E-state index is 13.3. The standard InChI is InChI=1S/C26H31NO4/c1-25(2,3)17-13-11-16(12-14-17)21-20(23(29)26(4,5)6)22(28)24(30)27(21)18-9-8-10-19(15-18)31-7/h8-15,21,28H,1-7H3. The lowest BCUT2D eigenvalue weighted by Crippen LogP contribution is -2.32. The van der Waals surface area contributed by atoms with E-state index in [-0.39, 0.29) is 16.8 Å². The van der Waals surface area contributed by atoms with Gasteiger partial charge in [-0.25, -0.2) is 0 Å². The van der Waals surface area contributed by atoms with Crippen molar-refractivity contribution in [3.8, 4) is 5.75 Å². The van der Waals surface area contributed by atoms with E-state index < -0.39 is 23.1 Å². The fourth-order valence-electron chi connectivity index (χ4n) is 3.75. The molecule has 2 aromatic carbocycles. The molecule has 1 atom stereocenters. The number of ketones is 1. The molecule has 3 rings (SSSR count). The van der Waals surface area contributed by atoms with Gasteiger partial charge in [0.1, 0.15) is 5.75 Å². The highest BCUT2D eigenvalue weighted by Gasteiger charge is 2.46. The summed E-state index contributed by atoms with van der Waals surface area (Å²) in [5.74, 6) is -0.755. The van der Waals surface area contributed by atoms with Crippen molar-refractivity contribution in [3.63, 3.8) is 0 Å². The Labute approximate surface area is 184 Å². The first-order valence-electron chi connectivity index (χ1n) is 10.4. The molecule has 0 aliphatic carbocycles. The zero-order chi connectivity index (χ0) is 23.1. The minimum Gasteiger partial charge on any atom is -0.503 e. The van der Waals surface area contributed by atoms with Gasteiger partial charge in [-0.2, -0.15) is 0 Å². The molecular weight excluding hydrogens is 390 g/mol. The van der Waals surface area contributed by atoms with E-state index in [2.05, 4.69) is 20.8 Å². The van der Waals surface area contributed by atoms with Crippen LogP contribution in [0.5, 0.6) is 5.75 Å². The molecule has 0 radical (unpaired) electrons. The molecule has 1 amide bonds. The highest BCUT2D eigenvalue weighted by atomic mass is 16.5. The number of carbonyl (C=O) groups is 2. The number of amides is 1. The average Bonchev–Trinajstić information content (AvgIpc) is 2.97. The van der Waals surface area contributed by atoms with Crippen LogP contribution in [0.3, 0.4) is 0 Å². The first-order valence-corrected chi connectivity index (χ1v) is 10.4. The number of methoxy groups -OCH3 is 1. The third-order valence-corrected chi connectivity index (χ3v) is 5.56. The fraction of sp³-hybridized carbons (Fsp3) is 0.385. The Kier molecular flexibility index (Phi) is 5.74. The van der Waals surface area contributed by atoms with E-state index in [1.807, 2.05) is 24.3 Å². The van der Waals surface area contributed by atoms with Crippen LogP contribution in [0, 0.1) is 5.41 Å². The number of benzene rings is 2. The monoisotopic (exact) mass is 421 g/mol. The highest BCUT2D eigenvalue weighted by Crippen LogP contribution is 2.44. The summed E-state index contributed by atoms with van der Waals surface area (Å²) in [6.45, 7) is 11.7. The van der Waals surface area contributed by atoms with Crippen molar-refractivity contribution in [1.29, 1.82) is 0 Å². The normalized spacial score (nSPS) is 17.3. The summed E-state index contributed by atoms with van der Waals surface area (Å²) in [5, 5.41) is 10.8. The van der Waals surface area contributed by atoms with Gasteiger partial charge in [0.25, 0.3) is 5.91 Å². The summed E-state index contributed by atoms with van der Waals surface area (Å²) >= 11 is 0. The van der Waals surface area contributed by atoms with Gasteiger partial charge in [-0.15, -0.1) is 0 Å². The summed E-state index contributed by atoms with van der Waals surface area (Å²) in [7, 11) is 1.55. The number of Topliss-reactive ketones (excluding diaryl/α,β-unsaturated/α-hetero) is 1. The number of hydrogen-bond acceptors (Lipinski definition) is 4. The molecule has 0 fully saturated rings. The van der Waals surface area contributed by atoms with Crippen LogP contribution in [0.1, 0.15) is 58.7 Å². The van der Waals surface area contributed by atoms with Crippen molar-refractivity contribution < 1.29 is 19.4 Å². The number of nitrogens with zero attached hydrogens (tertiary/aromatic N) is 1. The predicted octanol–water partition coefficient (Wildman–Crippen LogP) is 5.51. The largest absolute Gasteiger partial charge is 0.503 e. The zero-order valence-corrected chi connectivity index (χ0v) is 19.3. The van der Waals surface area contributed by atoms with Crippen LogP contribution in [0.4, 0.5) is 5.69 Å². The van der Waals surface area contributed by atoms with Gasteiger partial charge in [-0.1, -0.05) is 71.9 Å². The average molecular weight is 422 g/mol. The van der Waals surface area contributed by atoms with Gasteiger partial charge < -0.3 is 9.84 Å². The molecule has 31 heavy (non-hydrogen) atoms. The Morgan fingerprint density at radius 3 is 2.13 bits per heavy atom. The van der Waals surface area contributed by atoms with E-state index >= 15 is 0 Å². The lowest BCUT2D eigenvalue weighted by atomic mass is 9.81. The van der Waals surface area contributed by atoms with Crippen LogP contribution in [0.15, 0.2) is 59.9 Å². The highest BCUT2D eigenvalue weighted by molar-refractivity contribution is 6.17. The second kappa shape index (κ2) is 7.88. The maximum absolute atomic E-state index is 13.3. The third kappa shape index (κ3) is 4.22. The van der Waals surface area contributed by atoms with E-state index in [1.165, 1.54) is 4.90 Å². The quantitative estimate of drug-likeness (QED) is 0.707. The van der Waals surface area contributed by atoms with Crippen molar-refractivity contribution in [1.82, 2.24) is 0 Å². The Bertz CT molecular complexity index is 1040. The van der Waals surface area contributed by atoms with Gasteiger partial charge in [0.2, 0.25) is 0 Å². The van der Waals surface area contributed by atoms with E-state index in [4.69, 9.17) is 4.74 Å². The zero-order valence-electron chi connectivity index (χ0n) is 19.3. The van der Waals surface area contributed by atoms with Crippen LogP contribution in [-0.4, -0.2) is 23.9 Å². The Balaban J connectivity index is 2.19. The number of hydrogen-bond donors (Lipinski definition) is 1. The van der Waals surface area contributed by atoms with Crippen molar-refractivity contribution in [3.05, 3.63) is 71.0 Å². The minimum absolute atomic E-state index is 0.0292. The molecule has 0 aromatic heterocycles. The molecule has 1 N–H and O–H groups in total. The topological polar surface area (TPSA) is 66.8 Å². The third-order valence-electron chi connectivity index (χ3n) is 5.56. The summed E-state index contributed by atoms with van der Waals surface area (Å²) in [6, 6.07) is 14.2. The van der Waals surface area contributed by atoms with Crippen LogP contribution >= 0.6 is 0 Å². The molecule has 1 heterocycles. The van der Waals surface area contributed by atoms with E-state index in [9.17, 15) is 14.7 Å². The van der Waals surface area contributed by atoms with Crippen LogP contribution < -0.4 is 9.64 Å². The molecule has 5 nitrogen and oxygen atoms in total. The molecular formula is C26H31NO4. The Morgan fingerprint density at radius 2 is 1.61 bits per heavy atom. The smallest absolute Gasteiger partial charge is 0.294 e. The Morgan fingerprint density at radius 1 is 1.00 bits per heavy atom. The molecule has 1 aliphatic heterocycles. The van der Waals surface area contributed by atoms with Crippen LogP contribution in [0.25, 0.3) is 0 Å². The second-order valence-electron chi connectivity index (χ2n) is 9.99.